The number of methoxy groups -OCH3 is 1. The zero-order valence-electron chi connectivity index (χ0n) is 14.9. The zero-order valence-corrected chi connectivity index (χ0v) is 14.9. The number of nitrogens with zero attached hydrogens (tertiary/aromatic N) is 3. The van der Waals surface area contributed by atoms with Crippen molar-refractivity contribution in [2.24, 2.45) is 23.0 Å². The fraction of sp³-hybridized carbons (Fsp3) is 0.381. The first-order valence-electron chi connectivity index (χ1n) is 8.59. The monoisotopic (exact) mass is 344 g/mol. The van der Waals surface area contributed by atoms with Crippen molar-refractivity contribution in [1.29, 1.82) is 15.8 Å². The molecule has 0 spiro atoms. The minimum atomic E-state index is -1.55. The van der Waals surface area contributed by atoms with Crippen molar-refractivity contribution in [1.82, 2.24) is 0 Å². The van der Waals surface area contributed by atoms with Crippen LogP contribution in [0.25, 0.3) is 0 Å². The largest absolute Gasteiger partial charge is 0.497 e. The lowest BCUT2D eigenvalue weighted by Crippen LogP contribution is -2.41. The van der Waals surface area contributed by atoms with Crippen LogP contribution < -0.4 is 10.5 Å². The molecule has 0 radical (unpaired) electrons. The van der Waals surface area contributed by atoms with Gasteiger partial charge in [0.15, 0.2) is 0 Å². The molecule has 3 atom stereocenters. The molecule has 3 rings (SSSR count). The molecule has 0 saturated heterocycles. The second-order valence-corrected chi connectivity index (χ2v) is 7.01. The van der Waals surface area contributed by atoms with Gasteiger partial charge in [-0.2, -0.15) is 15.8 Å². The Bertz CT molecular complexity index is 909. The van der Waals surface area contributed by atoms with Gasteiger partial charge < -0.3 is 10.5 Å². The van der Waals surface area contributed by atoms with E-state index in [9.17, 15) is 15.8 Å². The van der Waals surface area contributed by atoms with Crippen molar-refractivity contribution in [3.8, 4) is 24.0 Å². The Labute approximate surface area is 153 Å². The second kappa shape index (κ2) is 6.58. The minimum Gasteiger partial charge on any atom is -0.497 e. The van der Waals surface area contributed by atoms with E-state index in [2.05, 4.69) is 25.1 Å². The molecule has 0 saturated carbocycles. The number of ether oxygens (including phenoxy) is 1. The van der Waals surface area contributed by atoms with E-state index < -0.39 is 5.41 Å². The molecule has 1 aromatic rings. The van der Waals surface area contributed by atoms with E-state index in [-0.39, 0.29) is 17.5 Å². The quantitative estimate of drug-likeness (QED) is 0.826. The summed E-state index contributed by atoms with van der Waals surface area (Å²) in [6.07, 6.45) is 3.59. The zero-order chi connectivity index (χ0) is 18.9. The molecule has 0 aromatic heterocycles. The first-order chi connectivity index (χ1) is 12.5. The Morgan fingerprint density at radius 3 is 2.58 bits per heavy atom. The van der Waals surface area contributed by atoms with Crippen LogP contribution in [-0.2, 0) is 0 Å². The van der Waals surface area contributed by atoms with Crippen LogP contribution in [0.1, 0.15) is 31.2 Å². The average molecular weight is 344 g/mol. The maximum atomic E-state index is 9.84. The Hall–Kier alpha value is -3.23. The van der Waals surface area contributed by atoms with Gasteiger partial charge in [0.1, 0.15) is 5.75 Å². The van der Waals surface area contributed by atoms with E-state index in [4.69, 9.17) is 10.5 Å². The van der Waals surface area contributed by atoms with Crippen molar-refractivity contribution in [3.05, 3.63) is 52.7 Å². The number of hydrogen-bond acceptors (Lipinski definition) is 5. The maximum absolute atomic E-state index is 9.84. The van der Waals surface area contributed by atoms with Crippen molar-refractivity contribution in [3.63, 3.8) is 0 Å². The van der Waals surface area contributed by atoms with Gasteiger partial charge in [0, 0.05) is 5.92 Å². The molecule has 0 amide bonds. The molecule has 2 aliphatic carbocycles. The van der Waals surface area contributed by atoms with Crippen LogP contribution in [0.5, 0.6) is 5.75 Å². The fourth-order valence-electron chi connectivity index (χ4n) is 4.25. The van der Waals surface area contributed by atoms with Gasteiger partial charge in [-0.25, -0.2) is 0 Å². The third-order valence-corrected chi connectivity index (χ3v) is 5.55. The van der Waals surface area contributed by atoms with E-state index in [0.717, 1.165) is 24.0 Å². The van der Waals surface area contributed by atoms with Gasteiger partial charge in [-0.15, -0.1) is 0 Å². The van der Waals surface area contributed by atoms with Crippen molar-refractivity contribution in [2.75, 3.05) is 7.11 Å². The van der Waals surface area contributed by atoms with Crippen LogP contribution in [0.4, 0.5) is 0 Å². The number of fused-ring (bicyclic) bond motifs is 1. The standard InChI is InChI=1S/C21H20N4O/c1-13-6-7-18-16(8-13)19(14-4-3-5-15(9-14)26-2)17(10-22)20(25)21(18,11-23)12-24/h3-5,7,9,13,16,19H,6,8,25H2,1-2H3. The van der Waals surface area contributed by atoms with Crippen molar-refractivity contribution >= 4 is 0 Å². The predicted molar refractivity (Wildman–Crippen MR) is 96.2 cm³/mol. The minimum absolute atomic E-state index is 0.0647. The number of benzene rings is 1. The smallest absolute Gasteiger partial charge is 0.204 e. The molecule has 0 fully saturated rings. The predicted octanol–water partition coefficient (Wildman–Crippen LogP) is 3.53. The normalized spacial score (nSPS) is 26.6. The fourth-order valence-corrected chi connectivity index (χ4v) is 4.25. The molecule has 0 heterocycles. The maximum Gasteiger partial charge on any atom is 0.204 e. The molecule has 3 unspecified atom stereocenters. The summed E-state index contributed by atoms with van der Waals surface area (Å²) in [4.78, 5) is 0. The van der Waals surface area contributed by atoms with Crippen LogP contribution in [0, 0.1) is 51.2 Å². The lowest BCUT2D eigenvalue weighted by molar-refractivity contribution is 0.333. The van der Waals surface area contributed by atoms with Crippen molar-refractivity contribution in [2.45, 2.75) is 25.7 Å². The van der Waals surface area contributed by atoms with Gasteiger partial charge in [-0.3, -0.25) is 0 Å². The lowest BCUT2D eigenvalue weighted by atomic mass is 9.57. The van der Waals surface area contributed by atoms with Gasteiger partial charge in [-0.05, 0) is 47.9 Å². The summed E-state index contributed by atoms with van der Waals surface area (Å²) < 4.78 is 5.33. The number of nitriles is 3. The van der Waals surface area contributed by atoms with Gasteiger partial charge >= 0.3 is 0 Å². The van der Waals surface area contributed by atoms with E-state index in [1.807, 2.05) is 30.3 Å². The van der Waals surface area contributed by atoms with Crippen LogP contribution in [0.2, 0.25) is 0 Å². The summed E-state index contributed by atoms with van der Waals surface area (Å²) >= 11 is 0. The molecular weight excluding hydrogens is 324 g/mol. The number of allylic oxidation sites excluding steroid dienone is 3. The molecule has 1 aromatic carbocycles. The highest BCUT2D eigenvalue weighted by molar-refractivity contribution is 5.58. The summed E-state index contributed by atoms with van der Waals surface area (Å²) in [5.41, 5.74) is 6.76. The third-order valence-electron chi connectivity index (χ3n) is 5.55. The number of nitrogens with two attached hydrogens (primary N) is 1. The summed E-state index contributed by atoms with van der Waals surface area (Å²) in [6, 6.07) is 14.0. The molecule has 0 bridgehead atoms. The van der Waals surface area contributed by atoms with E-state index >= 15 is 0 Å². The van der Waals surface area contributed by atoms with Crippen LogP contribution in [0.15, 0.2) is 47.2 Å². The van der Waals surface area contributed by atoms with Crippen molar-refractivity contribution < 1.29 is 4.74 Å². The molecule has 26 heavy (non-hydrogen) atoms. The van der Waals surface area contributed by atoms with Crippen LogP contribution >= 0.6 is 0 Å². The second-order valence-electron chi connectivity index (χ2n) is 7.01. The molecule has 2 aliphatic rings. The highest BCUT2D eigenvalue weighted by Gasteiger charge is 2.52. The van der Waals surface area contributed by atoms with Gasteiger partial charge in [0.2, 0.25) is 5.41 Å². The Balaban J connectivity index is 2.30. The molecule has 5 nitrogen and oxygen atoms in total. The van der Waals surface area contributed by atoms with Gasteiger partial charge in [0.25, 0.3) is 0 Å². The van der Waals surface area contributed by atoms with E-state index in [1.165, 1.54) is 0 Å². The Kier molecular flexibility index (Phi) is 4.45. The highest BCUT2D eigenvalue weighted by Crippen LogP contribution is 2.55. The highest BCUT2D eigenvalue weighted by atomic mass is 16.5. The summed E-state index contributed by atoms with van der Waals surface area (Å²) in [5.74, 6) is 0.724. The van der Waals surface area contributed by atoms with E-state index in [1.54, 1.807) is 7.11 Å². The average Bonchev–Trinajstić information content (AvgIpc) is 2.67. The number of rotatable bonds is 2. The molecule has 0 aliphatic heterocycles. The topological polar surface area (TPSA) is 107 Å². The summed E-state index contributed by atoms with van der Waals surface area (Å²) in [5, 5.41) is 29.5. The molecule has 5 heteroatoms. The van der Waals surface area contributed by atoms with Gasteiger partial charge in [-0.1, -0.05) is 25.1 Å². The summed E-state index contributed by atoms with van der Waals surface area (Å²) in [7, 11) is 1.60. The van der Waals surface area contributed by atoms with Crippen LogP contribution in [0.3, 0.4) is 0 Å². The first kappa shape index (κ1) is 17.6. The molecular formula is C21H20N4O. The number of hydrogen-bond donors (Lipinski definition) is 1. The van der Waals surface area contributed by atoms with E-state index in [0.29, 0.717) is 17.2 Å². The van der Waals surface area contributed by atoms with Gasteiger partial charge in [0.05, 0.1) is 36.6 Å². The SMILES string of the molecule is COc1cccc(C2C(C#N)=C(N)C(C#N)(C#N)C3=CCC(C)CC32)c1. The Morgan fingerprint density at radius 2 is 1.96 bits per heavy atom. The Morgan fingerprint density at radius 1 is 1.23 bits per heavy atom. The first-order valence-corrected chi connectivity index (χ1v) is 8.59. The molecule has 2 N–H and O–H groups in total. The third kappa shape index (κ3) is 2.43. The summed E-state index contributed by atoms with van der Waals surface area (Å²) in [6.45, 7) is 2.14. The molecule has 130 valence electrons. The lowest BCUT2D eigenvalue weighted by Gasteiger charge is -2.43. The van der Waals surface area contributed by atoms with Crippen LogP contribution in [-0.4, -0.2) is 7.11 Å².